The molecule has 2 aromatic heterocycles. The van der Waals surface area contributed by atoms with Gasteiger partial charge in [0, 0.05) is 12.5 Å². The van der Waals surface area contributed by atoms with E-state index in [4.69, 9.17) is 9.47 Å². The summed E-state index contributed by atoms with van der Waals surface area (Å²) in [5.74, 6) is 1.38. The average Bonchev–Trinajstić information content (AvgIpc) is 3.12. The van der Waals surface area contributed by atoms with Crippen LogP contribution in [0.15, 0.2) is 18.2 Å². The summed E-state index contributed by atoms with van der Waals surface area (Å²) in [6.07, 6.45) is 0.998. The van der Waals surface area contributed by atoms with Gasteiger partial charge in [-0.05, 0) is 25.1 Å². The van der Waals surface area contributed by atoms with E-state index in [1.54, 1.807) is 7.11 Å². The highest BCUT2D eigenvalue weighted by atomic mass is 16.5. The van der Waals surface area contributed by atoms with Crippen molar-refractivity contribution < 1.29 is 14.3 Å². The smallest absolute Gasteiger partial charge is 0.358 e. The predicted octanol–water partition coefficient (Wildman–Crippen LogP) is 1.21. The third kappa shape index (κ3) is 1.92. The first kappa shape index (κ1) is 12.9. The van der Waals surface area contributed by atoms with Crippen molar-refractivity contribution in [1.82, 2.24) is 14.7 Å². The first-order valence-electron chi connectivity index (χ1n) is 6.60. The Morgan fingerprint density at radius 2 is 2.30 bits per heavy atom. The van der Waals surface area contributed by atoms with E-state index < -0.39 is 5.97 Å². The molecule has 1 aliphatic heterocycles. The molecule has 3 heterocycles. The summed E-state index contributed by atoms with van der Waals surface area (Å²) in [7, 11) is 2.98. The van der Waals surface area contributed by atoms with Crippen LogP contribution in [0.3, 0.4) is 0 Å². The number of rotatable bonds is 3. The van der Waals surface area contributed by atoms with Gasteiger partial charge < -0.3 is 14.8 Å². The summed E-state index contributed by atoms with van der Waals surface area (Å²) < 4.78 is 12.1. The Labute approximate surface area is 116 Å². The molecule has 1 aliphatic rings. The summed E-state index contributed by atoms with van der Waals surface area (Å²) in [5.41, 5.74) is 1.06. The maximum atomic E-state index is 11.9. The standard InChI is InChI=1S/C14H17N3O3/c1-19-11-5-3-4-10-12(14(18)20-2)16-13(17(10)11)9-6-7-15-8-9/h3-5,9,15H,6-8H2,1-2H3. The Hall–Kier alpha value is -2.08. The Morgan fingerprint density at radius 3 is 2.95 bits per heavy atom. The predicted molar refractivity (Wildman–Crippen MR) is 73.3 cm³/mol. The number of carbonyl (C=O) groups excluding carboxylic acids is 1. The lowest BCUT2D eigenvalue weighted by Gasteiger charge is -2.10. The number of imidazole rings is 1. The molecule has 6 heteroatoms. The molecule has 0 aromatic carbocycles. The number of nitrogens with one attached hydrogen (secondary N) is 1. The van der Waals surface area contributed by atoms with Crippen LogP contribution < -0.4 is 10.1 Å². The van der Waals surface area contributed by atoms with Crippen LogP contribution in [0.25, 0.3) is 5.52 Å². The van der Waals surface area contributed by atoms with Gasteiger partial charge in [0.05, 0.1) is 19.7 Å². The third-order valence-electron chi connectivity index (χ3n) is 3.67. The lowest BCUT2D eigenvalue weighted by atomic mass is 10.1. The van der Waals surface area contributed by atoms with Crippen LogP contribution in [0.2, 0.25) is 0 Å². The van der Waals surface area contributed by atoms with E-state index in [0.717, 1.165) is 30.9 Å². The van der Waals surface area contributed by atoms with Gasteiger partial charge in [0.1, 0.15) is 5.82 Å². The first-order valence-corrected chi connectivity index (χ1v) is 6.60. The Kier molecular flexibility index (Phi) is 3.31. The molecule has 1 saturated heterocycles. The zero-order valence-electron chi connectivity index (χ0n) is 11.5. The van der Waals surface area contributed by atoms with Crippen LogP contribution in [-0.2, 0) is 4.74 Å². The molecule has 106 valence electrons. The molecule has 20 heavy (non-hydrogen) atoms. The van der Waals surface area contributed by atoms with Gasteiger partial charge in [-0.2, -0.15) is 0 Å². The zero-order chi connectivity index (χ0) is 14.1. The fourth-order valence-corrected chi connectivity index (χ4v) is 2.69. The number of aromatic nitrogens is 2. The molecule has 0 aliphatic carbocycles. The maximum Gasteiger partial charge on any atom is 0.358 e. The SMILES string of the molecule is COC(=O)c1nc(C2CCNC2)n2c(OC)cccc12. The molecule has 0 bridgehead atoms. The lowest BCUT2D eigenvalue weighted by molar-refractivity contribution is 0.0596. The molecule has 6 nitrogen and oxygen atoms in total. The quantitative estimate of drug-likeness (QED) is 0.853. The minimum atomic E-state index is -0.423. The van der Waals surface area contributed by atoms with Crippen molar-refractivity contribution in [1.29, 1.82) is 0 Å². The monoisotopic (exact) mass is 275 g/mol. The lowest BCUT2D eigenvalue weighted by Crippen LogP contribution is -2.11. The Bertz CT molecular complexity index is 644. The number of hydrogen-bond donors (Lipinski definition) is 1. The van der Waals surface area contributed by atoms with Gasteiger partial charge in [-0.15, -0.1) is 0 Å². The minimum absolute atomic E-state index is 0.275. The normalized spacial score (nSPS) is 18.4. The molecule has 0 amide bonds. The average molecular weight is 275 g/mol. The van der Waals surface area contributed by atoms with Crippen LogP contribution in [-0.4, -0.2) is 42.7 Å². The second kappa shape index (κ2) is 5.13. The van der Waals surface area contributed by atoms with Crippen LogP contribution in [0.1, 0.15) is 28.7 Å². The molecule has 0 radical (unpaired) electrons. The molecule has 3 rings (SSSR count). The van der Waals surface area contributed by atoms with Gasteiger partial charge in [-0.3, -0.25) is 4.40 Å². The van der Waals surface area contributed by atoms with Crippen molar-refractivity contribution in [2.45, 2.75) is 12.3 Å². The van der Waals surface area contributed by atoms with E-state index in [9.17, 15) is 4.79 Å². The number of hydrogen-bond acceptors (Lipinski definition) is 5. The molecular weight excluding hydrogens is 258 g/mol. The highest BCUT2D eigenvalue weighted by Crippen LogP contribution is 2.28. The molecular formula is C14H17N3O3. The number of carbonyl (C=O) groups is 1. The third-order valence-corrected chi connectivity index (χ3v) is 3.67. The largest absolute Gasteiger partial charge is 0.482 e. The molecule has 1 N–H and O–H groups in total. The molecule has 0 saturated carbocycles. The summed E-state index contributed by atoms with van der Waals surface area (Å²) in [4.78, 5) is 16.4. The number of fused-ring (bicyclic) bond motifs is 1. The number of pyridine rings is 1. The summed E-state index contributed by atoms with van der Waals surface area (Å²) in [5, 5.41) is 3.32. The van der Waals surface area contributed by atoms with Crippen molar-refractivity contribution in [3.63, 3.8) is 0 Å². The van der Waals surface area contributed by atoms with E-state index in [1.165, 1.54) is 7.11 Å². The van der Waals surface area contributed by atoms with Crippen LogP contribution >= 0.6 is 0 Å². The summed E-state index contributed by atoms with van der Waals surface area (Å²) in [6.45, 7) is 1.82. The van der Waals surface area contributed by atoms with Crippen molar-refractivity contribution in [2.24, 2.45) is 0 Å². The van der Waals surface area contributed by atoms with Crippen molar-refractivity contribution in [3.8, 4) is 5.88 Å². The fourth-order valence-electron chi connectivity index (χ4n) is 2.69. The van der Waals surface area contributed by atoms with Gasteiger partial charge in [0.15, 0.2) is 11.6 Å². The number of ether oxygens (including phenoxy) is 2. The number of methoxy groups -OCH3 is 2. The van der Waals surface area contributed by atoms with Crippen LogP contribution in [0.4, 0.5) is 0 Å². The molecule has 2 aromatic rings. The summed E-state index contributed by atoms with van der Waals surface area (Å²) in [6, 6.07) is 5.56. The van der Waals surface area contributed by atoms with Gasteiger partial charge in [0.25, 0.3) is 0 Å². The fraction of sp³-hybridized carbons (Fsp3) is 0.429. The van der Waals surface area contributed by atoms with E-state index >= 15 is 0 Å². The van der Waals surface area contributed by atoms with Crippen molar-refractivity contribution in [3.05, 3.63) is 29.7 Å². The number of nitrogens with zero attached hydrogens (tertiary/aromatic N) is 2. The van der Waals surface area contributed by atoms with E-state index in [0.29, 0.717) is 11.6 Å². The highest BCUT2D eigenvalue weighted by molar-refractivity contribution is 5.95. The first-order chi connectivity index (χ1) is 9.76. The molecule has 0 spiro atoms. The Morgan fingerprint density at radius 1 is 1.45 bits per heavy atom. The van der Waals surface area contributed by atoms with Gasteiger partial charge in [-0.1, -0.05) is 6.07 Å². The van der Waals surface area contributed by atoms with Gasteiger partial charge >= 0.3 is 5.97 Å². The summed E-state index contributed by atoms with van der Waals surface area (Å²) >= 11 is 0. The number of esters is 1. The topological polar surface area (TPSA) is 64.9 Å². The van der Waals surface area contributed by atoms with Gasteiger partial charge in [0.2, 0.25) is 0 Å². The molecule has 1 atom stereocenters. The van der Waals surface area contributed by atoms with Crippen molar-refractivity contribution >= 4 is 11.5 Å². The van der Waals surface area contributed by atoms with Crippen molar-refractivity contribution in [2.75, 3.05) is 27.3 Å². The maximum absolute atomic E-state index is 11.9. The highest BCUT2D eigenvalue weighted by Gasteiger charge is 2.27. The second-order valence-corrected chi connectivity index (χ2v) is 4.79. The Balaban J connectivity index is 2.24. The second-order valence-electron chi connectivity index (χ2n) is 4.79. The molecule has 1 unspecified atom stereocenters. The van der Waals surface area contributed by atoms with E-state index in [1.807, 2.05) is 22.6 Å². The van der Waals surface area contributed by atoms with E-state index in [2.05, 4.69) is 10.3 Å². The molecule has 1 fully saturated rings. The van der Waals surface area contributed by atoms with E-state index in [-0.39, 0.29) is 5.92 Å². The minimum Gasteiger partial charge on any atom is -0.482 e. The van der Waals surface area contributed by atoms with Gasteiger partial charge in [-0.25, -0.2) is 9.78 Å². The zero-order valence-corrected chi connectivity index (χ0v) is 11.5. The van der Waals surface area contributed by atoms with Crippen LogP contribution in [0.5, 0.6) is 5.88 Å². The van der Waals surface area contributed by atoms with Crippen LogP contribution in [0, 0.1) is 0 Å².